The summed E-state index contributed by atoms with van der Waals surface area (Å²) in [6.07, 6.45) is 0.568. The zero-order valence-corrected chi connectivity index (χ0v) is 12.1. The van der Waals surface area contributed by atoms with Crippen LogP contribution in [0.25, 0.3) is 0 Å². The van der Waals surface area contributed by atoms with Crippen LogP contribution in [0, 0.1) is 0 Å². The lowest BCUT2D eigenvalue weighted by atomic mass is 10.2. The van der Waals surface area contributed by atoms with Crippen molar-refractivity contribution in [3.63, 3.8) is 0 Å². The summed E-state index contributed by atoms with van der Waals surface area (Å²) in [6.45, 7) is 0.397. The number of ether oxygens (including phenoxy) is 1. The molecule has 2 rings (SSSR count). The largest absolute Gasteiger partial charge is 0.465 e. The lowest BCUT2D eigenvalue weighted by molar-refractivity contribution is 0.0601. The van der Waals surface area contributed by atoms with Gasteiger partial charge < -0.3 is 4.74 Å². The number of carbonyl (C=O) groups excluding carboxylic acids is 1. The van der Waals surface area contributed by atoms with Crippen LogP contribution in [0.2, 0.25) is 0 Å². The number of hydrogen-bond acceptors (Lipinski definition) is 4. The van der Waals surface area contributed by atoms with Crippen LogP contribution in [0.5, 0.6) is 0 Å². The molecule has 0 aromatic heterocycles. The minimum atomic E-state index is -3.31. The minimum absolute atomic E-state index is 0.115. The Morgan fingerprint density at radius 3 is 2.72 bits per heavy atom. The number of hydrogen-bond donors (Lipinski definition) is 0. The van der Waals surface area contributed by atoms with Crippen molar-refractivity contribution in [3.8, 4) is 0 Å². The zero-order chi connectivity index (χ0) is 13.3. The molecule has 1 aromatic rings. The maximum absolute atomic E-state index is 11.9. The molecule has 0 aliphatic carbocycles. The highest BCUT2D eigenvalue weighted by molar-refractivity contribution is 9.10. The molecule has 1 heterocycles. The van der Waals surface area contributed by atoms with E-state index in [1.165, 1.54) is 11.4 Å². The van der Waals surface area contributed by atoms with Crippen molar-refractivity contribution in [2.24, 2.45) is 0 Å². The SMILES string of the molecule is COC(=O)c1cc(Br)ccc1N1CCCS1(=O)=O. The summed E-state index contributed by atoms with van der Waals surface area (Å²) in [5, 5.41) is 0. The van der Waals surface area contributed by atoms with Gasteiger partial charge in [0.1, 0.15) is 0 Å². The lowest BCUT2D eigenvalue weighted by Gasteiger charge is -2.19. The van der Waals surface area contributed by atoms with E-state index in [1.54, 1.807) is 18.2 Å². The molecule has 5 nitrogen and oxygen atoms in total. The normalized spacial score (nSPS) is 17.8. The van der Waals surface area contributed by atoms with Crippen molar-refractivity contribution in [2.75, 3.05) is 23.7 Å². The van der Waals surface area contributed by atoms with Crippen LogP contribution in [0.4, 0.5) is 5.69 Å². The molecular formula is C11H12BrNO4S. The van der Waals surface area contributed by atoms with Crippen LogP contribution < -0.4 is 4.31 Å². The Labute approximate surface area is 114 Å². The number of halogens is 1. The Bertz CT molecular complexity index is 585. The van der Waals surface area contributed by atoms with E-state index < -0.39 is 16.0 Å². The van der Waals surface area contributed by atoms with Crippen molar-refractivity contribution >= 4 is 37.6 Å². The van der Waals surface area contributed by atoms with Crippen LogP contribution >= 0.6 is 15.9 Å². The van der Waals surface area contributed by atoms with Crippen LogP contribution in [0.3, 0.4) is 0 Å². The fourth-order valence-corrected chi connectivity index (χ4v) is 3.85. The second kappa shape index (κ2) is 4.89. The predicted molar refractivity (Wildman–Crippen MR) is 71.2 cm³/mol. The molecular weight excluding hydrogens is 322 g/mol. The van der Waals surface area contributed by atoms with Crippen molar-refractivity contribution in [2.45, 2.75) is 6.42 Å². The van der Waals surface area contributed by atoms with Gasteiger partial charge in [-0.3, -0.25) is 4.31 Å². The second-order valence-corrected chi connectivity index (χ2v) is 6.82. The monoisotopic (exact) mass is 333 g/mol. The number of anilines is 1. The Morgan fingerprint density at radius 1 is 1.44 bits per heavy atom. The van der Waals surface area contributed by atoms with Gasteiger partial charge in [-0.05, 0) is 24.6 Å². The van der Waals surface area contributed by atoms with Crippen LogP contribution in [-0.4, -0.2) is 33.8 Å². The molecule has 0 saturated carbocycles. The summed E-state index contributed by atoms with van der Waals surface area (Å²) >= 11 is 3.26. The van der Waals surface area contributed by atoms with E-state index in [-0.39, 0.29) is 11.3 Å². The zero-order valence-electron chi connectivity index (χ0n) is 9.72. The maximum atomic E-state index is 11.9. The number of nitrogens with zero attached hydrogens (tertiary/aromatic N) is 1. The number of methoxy groups -OCH3 is 1. The molecule has 18 heavy (non-hydrogen) atoms. The van der Waals surface area contributed by atoms with Crippen molar-refractivity contribution < 1.29 is 17.9 Å². The van der Waals surface area contributed by atoms with E-state index >= 15 is 0 Å². The summed E-state index contributed by atoms with van der Waals surface area (Å²) in [5.74, 6) is -0.433. The van der Waals surface area contributed by atoms with Gasteiger partial charge in [-0.2, -0.15) is 0 Å². The first-order chi connectivity index (χ1) is 8.45. The van der Waals surface area contributed by atoms with Gasteiger partial charge in [0.15, 0.2) is 0 Å². The molecule has 0 N–H and O–H groups in total. The first-order valence-electron chi connectivity index (χ1n) is 5.34. The number of benzene rings is 1. The third kappa shape index (κ3) is 2.37. The highest BCUT2D eigenvalue weighted by Gasteiger charge is 2.31. The fraction of sp³-hybridized carbons (Fsp3) is 0.364. The topological polar surface area (TPSA) is 63.7 Å². The van der Waals surface area contributed by atoms with Crippen LogP contribution in [0.1, 0.15) is 16.8 Å². The summed E-state index contributed by atoms with van der Waals surface area (Å²) < 4.78 is 30.4. The molecule has 0 atom stereocenters. The first-order valence-corrected chi connectivity index (χ1v) is 7.74. The van der Waals surface area contributed by atoms with Gasteiger partial charge in [0.25, 0.3) is 0 Å². The fourth-order valence-electron chi connectivity index (χ4n) is 1.91. The van der Waals surface area contributed by atoms with Gasteiger partial charge in [0.2, 0.25) is 10.0 Å². The number of esters is 1. The van der Waals surface area contributed by atoms with E-state index in [9.17, 15) is 13.2 Å². The summed E-state index contributed by atoms with van der Waals surface area (Å²) in [5.41, 5.74) is 0.625. The Hall–Kier alpha value is -1.08. The van der Waals surface area contributed by atoms with E-state index in [1.807, 2.05) is 0 Å². The van der Waals surface area contributed by atoms with E-state index in [0.29, 0.717) is 23.1 Å². The lowest BCUT2D eigenvalue weighted by Crippen LogP contribution is -2.27. The molecule has 0 unspecified atom stereocenters. The molecule has 1 fully saturated rings. The van der Waals surface area contributed by atoms with Gasteiger partial charge in [-0.1, -0.05) is 15.9 Å². The highest BCUT2D eigenvalue weighted by atomic mass is 79.9. The Morgan fingerprint density at radius 2 is 2.17 bits per heavy atom. The number of carbonyl (C=O) groups is 1. The van der Waals surface area contributed by atoms with Crippen molar-refractivity contribution in [1.29, 1.82) is 0 Å². The molecule has 98 valence electrons. The molecule has 1 aromatic carbocycles. The van der Waals surface area contributed by atoms with Crippen molar-refractivity contribution in [1.82, 2.24) is 0 Å². The molecule has 1 aliphatic rings. The smallest absolute Gasteiger partial charge is 0.340 e. The molecule has 7 heteroatoms. The van der Waals surface area contributed by atoms with E-state index in [4.69, 9.17) is 0 Å². The Balaban J connectivity index is 2.54. The minimum Gasteiger partial charge on any atom is -0.465 e. The van der Waals surface area contributed by atoms with Gasteiger partial charge in [0, 0.05) is 11.0 Å². The first kappa shape index (κ1) is 13.4. The quantitative estimate of drug-likeness (QED) is 0.774. The van der Waals surface area contributed by atoms with Crippen molar-refractivity contribution in [3.05, 3.63) is 28.2 Å². The molecule has 0 amide bonds. The Kier molecular flexibility index (Phi) is 3.63. The maximum Gasteiger partial charge on any atom is 0.340 e. The third-order valence-corrected chi connectivity index (χ3v) is 5.08. The average molecular weight is 334 g/mol. The standard InChI is InChI=1S/C11H12BrNO4S/c1-17-11(14)9-7-8(12)3-4-10(9)13-5-2-6-18(13,15)16/h3-4,7H,2,5-6H2,1H3. The second-order valence-electron chi connectivity index (χ2n) is 3.89. The van der Waals surface area contributed by atoms with Crippen LogP contribution in [-0.2, 0) is 14.8 Å². The predicted octanol–water partition coefficient (Wildman–Crippen LogP) is 1.78. The molecule has 0 spiro atoms. The number of rotatable bonds is 2. The summed E-state index contributed by atoms with van der Waals surface area (Å²) in [7, 11) is -2.04. The number of sulfonamides is 1. The molecule has 0 bridgehead atoms. The van der Waals surface area contributed by atoms with E-state index in [0.717, 1.165) is 0 Å². The average Bonchev–Trinajstić information content (AvgIpc) is 2.68. The molecule has 1 saturated heterocycles. The van der Waals surface area contributed by atoms with Crippen LogP contribution in [0.15, 0.2) is 22.7 Å². The molecule has 1 aliphatic heterocycles. The van der Waals surface area contributed by atoms with Gasteiger partial charge >= 0.3 is 5.97 Å². The van der Waals surface area contributed by atoms with Gasteiger partial charge in [-0.15, -0.1) is 0 Å². The highest BCUT2D eigenvalue weighted by Crippen LogP contribution is 2.30. The van der Waals surface area contributed by atoms with Gasteiger partial charge in [0.05, 0.1) is 24.1 Å². The third-order valence-electron chi connectivity index (χ3n) is 2.73. The summed E-state index contributed by atoms with van der Waals surface area (Å²) in [4.78, 5) is 11.7. The van der Waals surface area contributed by atoms with Gasteiger partial charge in [-0.25, -0.2) is 13.2 Å². The summed E-state index contributed by atoms with van der Waals surface area (Å²) in [6, 6.07) is 4.88. The van der Waals surface area contributed by atoms with E-state index in [2.05, 4.69) is 20.7 Å². The molecule has 0 radical (unpaired) electrons.